The third kappa shape index (κ3) is 2.18. The smallest absolute Gasteiger partial charge is 0.294 e. The highest BCUT2D eigenvalue weighted by Crippen LogP contribution is 2.35. The first-order valence-electron chi connectivity index (χ1n) is 6.47. The van der Waals surface area contributed by atoms with Gasteiger partial charge in [-0.05, 0) is 23.8 Å². The maximum atomic E-state index is 12.4. The van der Waals surface area contributed by atoms with E-state index in [0.717, 1.165) is 5.56 Å². The molecule has 1 aliphatic rings. The first-order valence-corrected chi connectivity index (χ1v) is 6.47. The molecule has 3 rings (SSSR count). The van der Waals surface area contributed by atoms with E-state index in [9.17, 15) is 14.4 Å². The van der Waals surface area contributed by atoms with Crippen molar-refractivity contribution < 1.29 is 14.4 Å². The van der Waals surface area contributed by atoms with Crippen molar-refractivity contribution in [2.45, 2.75) is 6.42 Å². The third-order valence-corrected chi connectivity index (χ3v) is 3.41. The van der Waals surface area contributed by atoms with Crippen LogP contribution < -0.4 is 10.2 Å². The molecule has 2 aromatic rings. The molecule has 5 nitrogen and oxygen atoms in total. The first-order chi connectivity index (χ1) is 10.2. The monoisotopic (exact) mass is 280 g/mol. The molecule has 3 amide bonds. The number of imide groups is 1. The minimum Gasteiger partial charge on any atom is -0.294 e. The van der Waals surface area contributed by atoms with Crippen LogP contribution in [0, 0.1) is 0 Å². The number of carbonyl (C=O) groups is 3. The Labute approximate surface area is 121 Å². The highest BCUT2D eigenvalue weighted by Gasteiger charge is 2.28. The number of anilines is 2. The Balaban J connectivity index is 2.25. The molecule has 5 heteroatoms. The second-order valence-electron chi connectivity index (χ2n) is 4.65. The summed E-state index contributed by atoms with van der Waals surface area (Å²) in [6.07, 6.45) is 0.554. The van der Waals surface area contributed by atoms with Crippen LogP contribution in [0.3, 0.4) is 0 Å². The van der Waals surface area contributed by atoms with Crippen LogP contribution in [0.15, 0.2) is 48.5 Å². The number of nitrogens with zero attached hydrogens (tertiary/aromatic N) is 1. The van der Waals surface area contributed by atoms with E-state index in [0.29, 0.717) is 23.3 Å². The molecule has 104 valence electrons. The van der Waals surface area contributed by atoms with Gasteiger partial charge in [0, 0.05) is 12.0 Å². The van der Waals surface area contributed by atoms with Gasteiger partial charge in [-0.1, -0.05) is 30.3 Å². The predicted molar refractivity (Wildman–Crippen MR) is 77.7 cm³/mol. The van der Waals surface area contributed by atoms with Crippen LogP contribution in [0.5, 0.6) is 0 Å². The van der Waals surface area contributed by atoms with Gasteiger partial charge in [-0.25, -0.2) is 4.79 Å². The van der Waals surface area contributed by atoms with Gasteiger partial charge >= 0.3 is 6.03 Å². The third-order valence-electron chi connectivity index (χ3n) is 3.41. The largest absolute Gasteiger partial charge is 0.332 e. The van der Waals surface area contributed by atoms with Gasteiger partial charge in [0.2, 0.25) is 6.41 Å². The number of nitrogens with one attached hydrogen (secondary N) is 1. The van der Waals surface area contributed by atoms with Crippen molar-refractivity contribution in [2.75, 3.05) is 4.90 Å². The first kappa shape index (κ1) is 13.1. The van der Waals surface area contributed by atoms with Crippen molar-refractivity contribution >= 4 is 29.6 Å². The minimum atomic E-state index is -0.584. The average molecular weight is 280 g/mol. The topological polar surface area (TPSA) is 66.5 Å². The number of para-hydroxylation sites is 2. The molecular formula is C16H12N2O3. The lowest BCUT2D eigenvalue weighted by Gasteiger charge is -2.23. The molecule has 0 fully saturated rings. The molecule has 21 heavy (non-hydrogen) atoms. The van der Waals surface area contributed by atoms with Gasteiger partial charge in [-0.15, -0.1) is 0 Å². The number of carbonyl (C=O) groups excluding carboxylic acids is 3. The van der Waals surface area contributed by atoms with Gasteiger partial charge in [0.25, 0.3) is 0 Å². The minimum absolute atomic E-state index is 0.0561. The number of hydrogen-bond acceptors (Lipinski definition) is 3. The molecule has 0 atom stereocenters. The van der Waals surface area contributed by atoms with E-state index in [4.69, 9.17) is 0 Å². The molecule has 0 saturated carbocycles. The summed E-state index contributed by atoms with van der Waals surface area (Å²) < 4.78 is 0. The summed E-state index contributed by atoms with van der Waals surface area (Å²) in [5, 5.41) is 2.13. The number of hydrogen-bond donors (Lipinski definition) is 1. The number of benzene rings is 2. The lowest BCUT2D eigenvalue weighted by molar-refractivity contribution is -0.108. The van der Waals surface area contributed by atoms with Gasteiger partial charge in [0.1, 0.15) is 0 Å². The molecule has 2 aromatic carbocycles. The summed E-state index contributed by atoms with van der Waals surface area (Å²) in [5.74, 6) is -0.0561. The number of ketones is 1. The summed E-state index contributed by atoms with van der Waals surface area (Å²) in [4.78, 5) is 36.6. The molecule has 0 aromatic heterocycles. The highest BCUT2D eigenvalue weighted by molar-refractivity contribution is 6.13. The Hall–Kier alpha value is -2.95. The standard InChI is InChI=1S/C16H12N2O3/c19-10-17-16(21)18-13-7-3-1-5-11(13)9-15(20)12-6-2-4-8-14(12)18/h1-8,10H,9H2,(H,17,19,21). The fraction of sp³-hybridized carbons (Fsp3) is 0.0625. The molecule has 0 spiro atoms. The summed E-state index contributed by atoms with van der Waals surface area (Å²) >= 11 is 0. The van der Waals surface area contributed by atoms with Gasteiger partial charge in [-0.2, -0.15) is 0 Å². The lowest BCUT2D eigenvalue weighted by Crippen LogP contribution is -2.36. The van der Waals surface area contributed by atoms with Gasteiger partial charge in [-0.3, -0.25) is 19.8 Å². The van der Waals surface area contributed by atoms with Crippen LogP contribution in [0.4, 0.5) is 16.2 Å². The average Bonchev–Trinajstić information content (AvgIpc) is 2.62. The molecule has 0 unspecified atom stereocenters. The van der Waals surface area contributed by atoms with E-state index in [-0.39, 0.29) is 12.2 Å². The van der Waals surface area contributed by atoms with E-state index in [2.05, 4.69) is 5.32 Å². The van der Waals surface area contributed by atoms with Gasteiger partial charge in [0.15, 0.2) is 5.78 Å². The molecular weight excluding hydrogens is 268 g/mol. The summed E-state index contributed by atoms with van der Waals surface area (Å²) in [5.41, 5.74) is 2.30. The van der Waals surface area contributed by atoms with Gasteiger partial charge in [0.05, 0.1) is 11.4 Å². The van der Waals surface area contributed by atoms with E-state index in [1.54, 1.807) is 42.5 Å². The number of urea groups is 1. The molecule has 0 aliphatic carbocycles. The molecule has 1 heterocycles. The zero-order valence-corrected chi connectivity index (χ0v) is 11.1. The number of amides is 3. The molecule has 0 radical (unpaired) electrons. The van der Waals surface area contributed by atoms with Crippen LogP contribution in [0.1, 0.15) is 15.9 Å². The van der Waals surface area contributed by atoms with Crippen LogP contribution in [-0.4, -0.2) is 18.2 Å². The van der Waals surface area contributed by atoms with Crippen LogP contribution in [-0.2, 0) is 11.2 Å². The van der Waals surface area contributed by atoms with Crippen LogP contribution >= 0.6 is 0 Å². The van der Waals surface area contributed by atoms with Crippen molar-refractivity contribution in [3.05, 3.63) is 59.7 Å². The summed E-state index contributed by atoms with van der Waals surface area (Å²) in [6.45, 7) is 0. The maximum absolute atomic E-state index is 12.4. The van der Waals surface area contributed by atoms with Crippen molar-refractivity contribution in [3.8, 4) is 0 Å². The van der Waals surface area contributed by atoms with Crippen LogP contribution in [0.2, 0.25) is 0 Å². The summed E-state index contributed by atoms with van der Waals surface area (Å²) in [6, 6.07) is 13.5. The highest BCUT2D eigenvalue weighted by atomic mass is 16.2. The van der Waals surface area contributed by atoms with Crippen LogP contribution in [0.25, 0.3) is 0 Å². The predicted octanol–water partition coefficient (Wildman–Crippen LogP) is 2.43. The Morgan fingerprint density at radius 1 is 1.05 bits per heavy atom. The Morgan fingerprint density at radius 2 is 1.71 bits per heavy atom. The zero-order chi connectivity index (χ0) is 14.8. The molecule has 1 N–H and O–H groups in total. The van der Waals surface area contributed by atoms with Crippen molar-refractivity contribution in [1.29, 1.82) is 0 Å². The van der Waals surface area contributed by atoms with Crippen molar-refractivity contribution in [3.63, 3.8) is 0 Å². The zero-order valence-electron chi connectivity index (χ0n) is 11.1. The number of fused-ring (bicyclic) bond motifs is 2. The van der Waals surface area contributed by atoms with E-state index in [1.807, 2.05) is 6.07 Å². The molecule has 0 bridgehead atoms. The number of Topliss-reactive ketones (excluding diaryl/α,β-unsaturated/α-hetero) is 1. The normalized spacial score (nSPS) is 13.0. The van der Waals surface area contributed by atoms with Crippen molar-refractivity contribution in [2.24, 2.45) is 0 Å². The Kier molecular flexibility index (Phi) is 3.23. The fourth-order valence-electron chi connectivity index (χ4n) is 2.51. The Morgan fingerprint density at radius 3 is 2.48 bits per heavy atom. The van der Waals surface area contributed by atoms with Gasteiger partial charge < -0.3 is 0 Å². The van der Waals surface area contributed by atoms with E-state index >= 15 is 0 Å². The van der Waals surface area contributed by atoms with E-state index < -0.39 is 6.03 Å². The quantitative estimate of drug-likeness (QED) is 0.816. The number of rotatable bonds is 1. The maximum Gasteiger partial charge on any atom is 0.332 e. The fourth-order valence-corrected chi connectivity index (χ4v) is 2.51. The second-order valence-corrected chi connectivity index (χ2v) is 4.65. The summed E-state index contributed by atoms with van der Waals surface area (Å²) in [7, 11) is 0. The lowest BCUT2D eigenvalue weighted by atomic mass is 10.0. The van der Waals surface area contributed by atoms with E-state index in [1.165, 1.54) is 4.90 Å². The molecule has 0 saturated heterocycles. The van der Waals surface area contributed by atoms with Crippen molar-refractivity contribution in [1.82, 2.24) is 5.32 Å². The second kappa shape index (κ2) is 5.20. The Bertz CT molecular complexity index is 740. The molecule has 1 aliphatic heterocycles. The SMILES string of the molecule is O=CNC(=O)N1c2ccccc2CC(=O)c2ccccc21.